The Morgan fingerprint density at radius 2 is 2.67 bits per heavy atom. The van der Waals surface area contributed by atoms with Crippen molar-refractivity contribution in [2.45, 2.75) is 31.7 Å². The van der Waals surface area contributed by atoms with E-state index in [4.69, 9.17) is 6.42 Å². The lowest BCUT2D eigenvalue weighted by Gasteiger charge is -2.17. The number of nitrogens with one attached hydrogen (secondary N) is 1. The van der Waals surface area contributed by atoms with E-state index in [0.717, 1.165) is 19.5 Å². The van der Waals surface area contributed by atoms with Gasteiger partial charge in [0.15, 0.2) is 0 Å². The van der Waals surface area contributed by atoms with Gasteiger partial charge in [0.05, 0.1) is 6.33 Å². The fourth-order valence-corrected chi connectivity index (χ4v) is 2.18. The molecule has 2 heterocycles. The maximum Gasteiger partial charge on any atom is 0.0951 e. The third kappa shape index (κ3) is 2.05. The standard InChI is InChI=1S/C12H17N3/c1-3-4-10(2)15-9-14-8-12(15)11-5-6-13-7-11/h1,8-11,13H,4-7H2,2H3. The van der Waals surface area contributed by atoms with E-state index < -0.39 is 0 Å². The summed E-state index contributed by atoms with van der Waals surface area (Å²) in [5.74, 6) is 3.31. The maximum absolute atomic E-state index is 5.34. The lowest BCUT2D eigenvalue weighted by atomic mass is 10.0. The molecule has 1 aromatic heterocycles. The summed E-state index contributed by atoms with van der Waals surface area (Å²) in [6.45, 7) is 4.32. The van der Waals surface area contributed by atoms with E-state index in [0.29, 0.717) is 12.0 Å². The van der Waals surface area contributed by atoms with Gasteiger partial charge in [-0.2, -0.15) is 0 Å². The molecule has 3 nitrogen and oxygen atoms in total. The molecule has 0 spiro atoms. The normalized spacial score (nSPS) is 22.5. The minimum Gasteiger partial charge on any atom is -0.331 e. The molecule has 1 aromatic rings. The molecule has 1 fully saturated rings. The van der Waals surface area contributed by atoms with Gasteiger partial charge in [-0.1, -0.05) is 0 Å². The van der Waals surface area contributed by atoms with Gasteiger partial charge in [-0.3, -0.25) is 0 Å². The molecule has 2 unspecified atom stereocenters. The second-order valence-electron chi connectivity index (χ2n) is 4.17. The molecule has 2 rings (SSSR count). The Hall–Kier alpha value is -1.27. The molecular weight excluding hydrogens is 186 g/mol. The lowest BCUT2D eigenvalue weighted by Crippen LogP contribution is -2.13. The predicted molar refractivity (Wildman–Crippen MR) is 60.6 cm³/mol. The van der Waals surface area contributed by atoms with Crippen LogP contribution >= 0.6 is 0 Å². The van der Waals surface area contributed by atoms with Crippen LogP contribution in [0.1, 0.15) is 37.4 Å². The van der Waals surface area contributed by atoms with Gasteiger partial charge in [0.25, 0.3) is 0 Å². The monoisotopic (exact) mass is 203 g/mol. The highest BCUT2D eigenvalue weighted by Crippen LogP contribution is 2.25. The minimum absolute atomic E-state index is 0.355. The smallest absolute Gasteiger partial charge is 0.0951 e. The van der Waals surface area contributed by atoms with Crippen molar-refractivity contribution in [1.82, 2.24) is 14.9 Å². The van der Waals surface area contributed by atoms with Crippen molar-refractivity contribution in [2.75, 3.05) is 13.1 Å². The molecular formula is C12H17N3. The number of nitrogens with zero attached hydrogens (tertiary/aromatic N) is 2. The average Bonchev–Trinajstić information content (AvgIpc) is 2.88. The van der Waals surface area contributed by atoms with Crippen molar-refractivity contribution in [3.05, 3.63) is 18.2 Å². The van der Waals surface area contributed by atoms with Crippen LogP contribution in [0, 0.1) is 12.3 Å². The first-order chi connectivity index (χ1) is 7.33. The summed E-state index contributed by atoms with van der Waals surface area (Å²) in [7, 11) is 0. The second-order valence-corrected chi connectivity index (χ2v) is 4.17. The Kier molecular flexibility index (Phi) is 3.08. The van der Waals surface area contributed by atoms with Crippen molar-refractivity contribution >= 4 is 0 Å². The molecule has 0 aromatic carbocycles. The van der Waals surface area contributed by atoms with Crippen LogP contribution in [0.2, 0.25) is 0 Å². The number of imidazole rings is 1. The third-order valence-corrected chi connectivity index (χ3v) is 3.06. The van der Waals surface area contributed by atoms with Gasteiger partial charge < -0.3 is 9.88 Å². The Balaban J connectivity index is 2.17. The fourth-order valence-electron chi connectivity index (χ4n) is 2.18. The molecule has 1 aliphatic rings. The van der Waals surface area contributed by atoms with E-state index in [1.54, 1.807) is 0 Å². The number of aromatic nitrogens is 2. The molecule has 1 N–H and O–H groups in total. The van der Waals surface area contributed by atoms with Crippen molar-refractivity contribution in [3.63, 3.8) is 0 Å². The summed E-state index contributed by atoms with van der Waals surface area (Å²) in [5, 5.41) is 3.38. The van der Waals surface area contributed by atoms with Crippen LogP contribution in [-0.2, 0) is 0 Å². The summed E-state index contributed by atoms with van der Waals surface area (Å²) in [5.41, 5.74) is 1.32. The summed E-state index contributed by atoms with van der Waals surface area (Å²) in [4.78, 5) is 4.24. The van der Waals surface area contributed by atoms with Gasteiger partial charge in [0, 0.05) is 36.8 Å². The van der Waals surface area contributed by atoms with Crippen LogP contribution in [0.3, 0.4) is 0 Å². The average molecular weight is 203 g/mol. The SMILES string of the molecule is C#CCC(C)n1cncc1C1CCNC1. The highest BCUT2D eigenvalue weighted by Gasteiger charge is 2.21. The molecule has 0 saturated carbocycles. The van der Waals surface area contributed by atoms with E-state index in [2.05, 4.69) is 27.7 Å². The van der Waals surface area contributed by atoms with Gasteiger partial charge in [-0.25, -0.2) is 4.98 Å². The van der Waals surface area contributed by atoms with Crippen LogP contribution in [0.25, 0.3) is 0 Å². The van der Waals surface area contributed by atoms with E-state index in [9.17, 15) is 0 Å². The first kappa shape index (κ1) is 10.3. The van der Waals surface area contributed by atoms with Gasteiger partial charge in [0.2, 0.25) is 0 Å². The molecule has 0 amide bonds. The largest absolute Gasteiger partial charge is 0.331 e. The highest BCUT2D eigenvalue weighted by atomic mass is 15.1. The van der Waals surface area contributed by atoms with E-state index in [1.165, 1.54) is 12.1 Å². The van der Waals surface area contributed by atoms with Gasteiger partial charge in [-0.05, 0) is 19.9 Å². The van der Waals surface area contributed by atoms with Crippen LogP contribution < -0.4 is 5.32 Å². The minimum atomic E-state index is 0.355. The summed E-state index contributed by atoms with van der Waals surface area (Å²) in [6, 6.07) is 0.355. The highest BCUT2D eigenvalue weighted by molar-refractivity contribution is 5.11. The lowest BCUT2D eigenvalue weighted by molar-refractivity contribution is 0.520. The second kappa shape index (κ2) is 4.50. The molecule has 1 aliphatic heterocycles. The quantitative estimate of drug-likeness (QED) is 0.755. The van der Waals surface area contributed by atoms with Gasteiger partial charge in [0.1, 0.15) is 0 Å². The van der Waals surface area contributed by atoms with E-state index >= 15 is 0 Å². The number of terminal acetylenes is 1. The summed E-state index contributed by atoms with van der Waals surface area (Å²) >= 11 is 0. The first-order valence-corrected chi connectivity index (χ1v) is 5.49. The van der Waals surface area contributed by atoms with Crippen LogP contribution in [0.5, 0.6) is 0 Å². The van der Waals surface area contributed by atoms with Crippen molar-refractivity contribution in [2.24, 2.45) is 0 Å². The zero-order valence-electron chi connectivity index (χ0n) is 9.11. The molecule has 3 heteroatoms. The zero-order chi connectivity index (χ0) is 10.7. The predicted octanol–water partition coefficient (Wildman–Crippen LogP) is 1.54. The third-order valence-electron chi connectivity index (χ3n) is 3.06. The van der Waals surface area contributed by atoms with Gasteiger partial charge in [-0.15, -0.1) is 12.3 Å². The molecule has 0 aliphatic carbocycles. The Bertz CT molecular complexity index is 355. The fraction of sp³-hybridized carbons (Fsp3) is 0.583. The van der Waals surface area contributed by atoms with Crippen molar-refractivity contribution in [1.29, 1.82) is 0 Å². The molecule has 0 radical (unpaired) electrons. The molecule has 15 heavy (non-hydrogen) atoms. The van der Waals surface area contributed by atoms with E-state index in [-0.39, 0.29) is 0 Å². The van der Waals surface area contributed by atoms with Crippen molar-refractivity contribution in [3.8, 4) is 12.3 Å². The van der Waals surface area contributed by atoms with Crippen LogP contribution in [0.4, 0.5) is 0 Å². The summed E-state index contributed by atoms with van der Waals surface area (Å²) < 4.78 is 2.22. The number of hydrogen-bond donors (Lipinski definition) is 1. The Morgan fingerprint density at radius 3 is 3.33 bits per heavy atom. The molecule has 1 saturated heterocycles. The summed E-state index contributed by atoms with van der Waals surface area (Å²) in [6.07, 6.45) is 11.2. The Morgan fingerprint density at radius 1 is 1.80 bits per heavy atom. The van der Waals surface area contributed by atoms with Crippen LogP contribution in [0.15, 0.2) is 12.5 Å². The molecule has 80 valence electrons. The number of hydrogen-bond acceptors (Lipinski definition) is 2. The molecule has 2 atom stereocenters. The van der Waals surface area contributed by atoms with Gasteiger partial charge >= 0.3 is 0 Å². The Labute approximate surface area is 90.9 Å². The van der Waals surface area contributed by atoms with Crippen LogP contribution in [-0.4, -0.2) is 22.6 Å². The maximum atomic E-state index is 5.34. The van der Waals surface area contributed by atoms with Crippen molar-refractivity contribution < 1.29 is 0 Å². The molecule has 0 bridgehead atoms. The number of rotatable bonds is 3. The topological polar surface area (TPSA) is 29.9 Å². The van der Waals surface area contributed by atoms with E-state index in [1.807, 2.05) is 12.5 Å². The first-order valence-electron chi connectivity index (χ1n) is 5.49. The zero-order valence-corrected chi connectivity index (χ0v) is 9.11.